The van der Waals surface area contributed by atoms with Gasteiger partial charge in [0.25, 0.3) is 0 Å². The summed E-state index contributed by atoms with van der Waals surface area (Å²) in [5.74, 6) is 1.51. The Hall–Kier alpha value is -2.50. The van der Waals surface area contributed by atoms with Crippen molar-refractivity contribution in [3.63, 3.8) is 0 Å². The van der Waals surface area contributed by atoms with Crippen LogP contribution in [-0.2, 0) is 4.79 Å². The number of hydrogen-bond acceptors (Lipinski definition) is 4. The number of aromatic nitrogens is 2. The molecule has 0 spiro atoms. The van der Waals surface area contributed by atoms with E-state index in [9.17, 15) is 9.18 Å². The molecule has 1 aliphatic heterocycles. The molecule has 2 heterocycles. The normalized spacial score (nSPS) is 18.5. The third kappa shape index (κ3) is 3.04. The van der Waals surface area contributed by atoms with E-state index in [0.29, 0.717) is 48.8 Å². The van der Waals surface area contributed by atoms with Gasteiger partial charge < -0.3 is 9.80 Å². The van der Waals surface area contributed by atoms with Crippen LogP contribution in [0.15, 0.2) is 30.9 Å². The average Bonchev–Trinajstić information content (AvgIpc) is 3.22. The molecule has 0 radical (unpaired) electrons. The first-order valence-corrected chi connectivity index (χ1v) is 9.30. The molecule has 2 aliphatic rings. The van der Waals surface area contributed by atoms with E-state index in [0.717, 1.165) is 18.7 Å². The van der Waals surface area contributed by atoms with Gasteiger partial charge in [0.1, 0.15) is 17.5 Å². The van der Waals surface area contributed by atoms with Crippen LogP contribution >= 0.6 is 0 Å². The van der Waals surface area contributed by atoms with Gasteiger partial charge >= 0.3 is 0 Å². The molecule has 0 bridgehead atoms. The second-order valence-corrected chi connectivity index (χ2v) is 7.04. The van der Waals surface area contributed by atoms with Crippen molar-refractivity contribution in [3.05, 3.63) is 42.5 Å². The van der Waals surface area contributed by atoms with Crippen molar-refractivity contribution in [1.29, 1.82) is 0 Å². The molecule has 1 aromatic carbocycles. The van der Waals surface area contributed by atoms with Crippen molar-refractivity contribution >= 4 is 22.6 Å². The Morgan fingerprint density at radius 3 is 2.58 bits per heavy atom. The first kappa shape index (κ1) is 16.9. The number of carbonyl (C=O) groups excluding carboxylic acids is 1. The summed E-state index contributed by atoms with van der Waals surface area (Å²) in [5.41, 5.74) is 0.668. The van der Waals surface area contributed by atoms with E-state index < -0.39 is 0 Å². The van der Waals surface area contributed by atoms with Crippen LogP contribution in [0.2, 0.25) is 0 Å². The lowest BCUT2D eigenvalue weighted by atomic mass is 10.1. The van der Waals surface area contributed by atoms with E-state index in [1.54, 1.807) is 11.0 Å². The van der Waals surface area contributed by atoms with E-state index in [1.165, 1.54) is 25.0 Å². The zero-order valence-corrected chi connectivity index (χ0v) is 14.8. The first-order valence-electron chi connectivity index (χ1n) is 9.30. The van der Waals surface area contributed by atoms with Crippen molar-refractivity contribution < 1.29 is 9.18 Å². The number of benzene rings is 1. The first-order chi connectivity index (χ1) is 12.7. The standard InChI is InChI=1S/C20H23FN4O/c1-2-17(26)24-10-12-25(13-11-24)20-18-15(21)8-5-9-16(18)22-19(23-20)14-6-3-4-7-14/h2,5,8-9,14H,1,3-4,6-7,10-13H2. The van der Waals surface area contributed by atoms with Gasteiger partial charge in [0.2, 0.25) is 5.91 Å². The van der Waals surface area contributed by atoms with Crippen LogP contribution in [-0.4, -0.2) is 47.0 Å². The molecule has 2 aromatic rings. The summed E-state index contributed by atoms with van der Waals surface area (Å²) < 4.78 is 14.6. The van der Waals surface area contributed by atoms with E-state index in [1.807, 2.05) is 6.07 Å². The van der Waals surface area contributed by atoms with Gasteiger partial charge in [0.15, 0.2) is 0 Å². The lowest BCUT2D eigenvalue weighted by Crippen LogP contribution is -2.48. The molecular formula is C20H23FN4O. The number of piperazine rings is 1. The summed E-state index contributed by atoms with van der Waals surface area (Å²) in [5, 5.41) is 0.484. The molecule has 6 heteroatoms. The molecular weight excluding hydrogens is 331 g/mol. The minimum atomic E-state index is -0.292. The molecule has 1 aliphatic carbocycles. The maximum atomic E-state index is 14.6. The molecule has 26 heavy (non-hydrogen) atoms. The summed E-state index contributed by atoms with van der Waals surface area (Å²) in [6, 6.07) is 5.02. The quantitative estimate of drug-likeness (QED) is 0.794. The highest BCUT2D eigenvalue weighted by Gasteiger charge is 2.26. The van der Waals surface area contributed by atoms with Crippen molar-refractivity contribution in [2.24, 2.45) is 0 Å². The van der Waals surface area contributed by atoms with Gasteiger partial charge in [-0.15, -0.1) is 0 Å². The summed E-state index contributed by atoms with van der Waals surface area (Å²) in [4.78, 5) is 25.1. The van der Waals surface area contributed by atoms with Gasteiger partial charge in [-0.3, -0.25) is 4.79 Å². The number of carbonyl (C=O) groups is 1. The second kappa shape index (κ2) is 7.02. The lowest BCUT2D eigenvalue weighted by Gasteiger charge is -2.35. The lowest BCUT2D eigenvalue weighted by molar-refractivity contribution is -0.126. The van der Waals surface area contributed by atoms with E-state index in [2.05, 4.69) is 16.5 Å². The number of fused-ring (bicyclic) bond motifs is 1. The molecule has 1 saturated carbocycles. The summed E-state index contributed by atoms with van der Waals surface area (Å²) >= 11 is 0. The largest absolute Gasteiger partial charge is 0.352 e. The van der Waals surface area contributed by atoms with Crippen LogP contribution in [0.25, 0.3) is 10.9 Å². The Morgan fingerprint density at radius 1 is 1.15 bits per heavy atom. The minimum Gasteiger partial charge on any atom is -0.352 e. The fourth-order valence-corrected chi connectivity index (χ4v) is 4.00. The molecule has 136 valence electrons. The van der Waals surface area contributed by atoms with Crippen molar-refractivity contribution in [3.8, 4) is 0 Å². The highest BCUT2D eigenvalue weighted by molar-refractivity contribution is 5.91. The Kier molecular flexibility index (Phi) is 4.57. The maximum Gasteiger partial charge on any atom is 0.246 e. The zero-order valence-electron chi connectivity index (χ0n) is 14.8. The molecule has 1 saturated heterocycles. The predicted octanol–water partition coefficient (Wildman–Crippen LogP) is 3.26. The van der Waals surface area contributed by atoms with E-state index >= 15 is 0 Å². The Morgan fingerprint density at radius 2 is 1.88 bits per heavy atom. The van der Waals surface area contributed by atoms with E-state index in [-0.39, 0.29) is 11.7 Å². The third-order valence-corrected chi connectivity index (χ3v) is 5.46. The maximum absolute atomic E-state index is 14.6. The number of halogens is 1. The van der Waals surface area contributed by atoms with Gasteiger partial charge in [-0.2, -0.15) is 0 Å². The molecule has 0 atom stereocenters. The van der Waals surface area contributed by atoms with Crippen molar-refractivity contribution in [2.45, 2.75) is 31.6 Å². The second-order valence-electron chi connectivity index (χ2n) is 7.04. The van der Waals surface area contributed by atoms with Gasteiger partial charge in [-0.1, -0.05) is 25.5 Å². The smallest absolute Gasteiger partial charge is 0.246 e. The monoisotopic (exact) mass is 354 g/mol. The highest BCUT2D eigenvalue weighted by Crippen LogP contribution is 2.35. The number of nitrogens with zero attached hydrogens (tertiary/aromatic N) is 4. The van der Waals surface area contributed by atoms with Crippen LogP contribution in [0.3, 0.4) is 0 Å². The van der Waals surface area contributed by atoms with E-state index in [4.69, 9.17) is 4.98 Å². The van der Waals surface area contributed by atoms with Gasteiger partial charge in [0.05, 0.1) is 10.9 Å². The number of anilines is 1. The van der Waals surface area contributed by atoms with Crippen LogP contribution in [0.5, 0.6) is 0 Å². The molecule has 0 unspecified atom stereocenters. The molecule has 5 nitrogen and oxygen atoms in total. The minimum absolute atomic E-state index is 0.0602. The third-order valence-electron chi connectivity index (χ3n) is 5.46. The molecule has 1 amide bonds. The van der Waals surface area contributed by atoms with Crippen molar-refractivity contribution in [1.82, 2.24) is 14.9 Å². The molecule has 0 N–H and O–H groups in total. The summed E-state index contributed by atoms with van der Waals surface area (Å²) in [7, 11) is 0. The average molecular weight is 354 g/mol. The number of rotatable bonds is 3. The topological polar surface area (TPSA) is 49.3 Å². The highest BCUT2D eigenvalue weighted by atomic mass is 19.1. The summed E-state index contributed by atoms with van der Waals surface area (Å²) in [6.45, 7) is 5.98. The molecule has 4 rings (SSSR count). The Bertz CT molecular complexity index is 839. The fourth-order valence-electron chi connectivity index (χ4n) is 4.00. The fraction of sp³-hybridized carbons (Fsp3) is 0.450. The Labute approximate surface area is 152 Å². The number of amides is 1. The van der Waals surface area contributed by atoms with Gasteiger partial charge in [-0.05, 0) is 31.1 Å². The molecule has 1 aromatic heterocycles. The Balaban J connectivity index is 1.71. The van der Waals surface area contributed by atoms with Crippen LogP contribution < -0.4 is 4.90 Å². The van der Waals surface area contributed by atoms with Crippen molar-refractivity contribution in [2.75, 3.05) is 31.1 Å². The SMILES string of the molecule is C=CC(=O)N1CCN(c2nc(C3CCCC3)nc3cccc(F)c23)CC1. The van der Waals surface area contributed by atoms with Crippen LogP contribution in [0.1, 0.15) is 37.4 Å². The number of hydrogen-bond donors (Lipinski definition) is 0. The van der Waals surface area contributed by atoms with Gasteiger partial charge in [0, 0.05) is 32.1 Å². The van der Waals surface area contributed by atoms with Crippen LogP contribution in [0, 0.1) is 5.82 Å². The van der Waals surface area contributed by atoms with Crippen LogP contribution in [0.4, 0.5) is 10.2 Å². The zero-order chi connectivity index (χ0) is 18.1. The molecule has 2 fully saturated rings. The predicted molar refractivity (Wildman–Crippen MR) is 99.7 cm³/mol. The summed E-state index contributed by atoms with van der Waals surface area (Å²) in [6.07, 6.45) is 5.94. The van der Waals surface area contributed by atoms with Gasteiger partial charge in [-0.25, -0.2) is 14.4 Å².